The summed E-state index contributed by atoms with van der Waals surface area (Å²) in [5.74, 6) is 1.27. The van der Waals surface area contributed by atoms with Crippen molar-refractivity contribution in [2.45, 2.75) is 13.0 Å². The first-order chi connectivity index (χ1) is 13.7. The number of carbonyl (C=O) groups is 1. The largest absolute Gasteiger partial charge is 0.493 e. The number of para-hydroxylation sites is 2. The van der Waals surface area contributed by atoms with Gasteiger partial charge in [0.1, 0.15) is 0 Å². The second-order valence-corrected chi connectivity index (χ2v) is 7.00. The van der Waals surface area contributed by atoms with E-state index in [4.69, 9.17) is 9.47 Å². The lowest BCUT2D eigenvalue weighted by Gasteiger charge is -2.33. The minimum atomic E-state index is -0.532. The molecule has 148 valence electrons. The normalized spacial score (nSPS) is 16.1. The van der Waals surface area contributed by atoms with Crippen molar-refractivity contribution in [2.75, 3.05) is 39.8 Å². The average Bonchev–Trinajstić information content (AvgIpc) is 2.75. The molecule has 2 aromatic carbocycles. The van der Waals surface area contributed by atoms with Gasteiger partial charge in [-0.05, 0) is 30.7 Å². The molecule has 1 N–H and O–H groups in total. The molecule has 5 nitrogen and oxygen atoms in total. The molecule has 1 aliphatic heterocycles. The van der Waals surface area contributed by atoms with E-state index in [0.29, 0.717) is 11.5 Å². The van der Waals surface area contributed by atoms with Crippen molar-refractivity contribution in [3.8, 4) is 11.5 Å². The second-order valence-electron chi connectivity index (χ2n) is 7.00. The third-order valence-corrected chi connectivity index (χ3v) is 5.02. The molecule has 1 aliphatic rings. The highest BCUT2D eigenvalue weighted by molar-refractivity contribution is 5.81. The van der Waals surface area contributed by atoms with Gasteiger partial charge in [-0.3, -0.25) is 4.79 Å². The molecule has 5 heteroatoms. The van der Waals surface area contributed by atoms with Crippen LogP contribution in [-0.4, -0.2) is 56.7 Å². The standard InChI is InChI=1S/C23H28N2O3/c1-19(28-22-13-7-6-12-21(22)27-2)23(26)25-17-15-24(16-18-25)14-8-11-20-9-4-3-5-10-20/h3-13,19H,14-18H2,1-2H3/p+1/b11-8+/t19-/m0/s1. The van der Waals surface area contributed by atoms with Gasteiger partial charge in [-0.15, -0.1) is 0 Å². The fourth-order valence-corrected chi connectivity index (χ4v) is 3.39. The lowest BCUT2D eigenvalue weighted by atomic mass is 10.2. The van der Waals surface area contributed by atoms with Gasteiger partial charge in [-0.1, -0.05) is 48.5 Å². The predicted octanol–water partition coefficient (Wildman–Crippen LogP) is 1.90. The number of nitrogens with one attached hydrogen (secondary N) is 1. The zero-order chi connectivity index (χ0) is 19.8. The molecule has 3 rings (SSSR count). The molecule has 1 heterocycles. The van der Waals surface area contributed by atoms with Crippen molar-refractivity contribution >= 4 is 12.0 Å². The molecule has 1 saturated heterocycles. The van der Waals surface area contributed by atoms with Gasteiger partial charge >= 0.3 is 0 Å². The zero-order valence-electron chi connectivity index (χ0n) is 16.6. The number of quaternary nitrogens is 1. The van der Waals surface area contributed by atoms with E-state index in [0.717, 1.165) is 32.7 Å². The minimum Gasteiger partial charge on any atom is -0.493 e. The topological polar surface area (TPSA) is 43.2 Å². The number of benzene rings is 2. The highest BCUT2D eigenvalue weighted by Crippen LogP contribution is 2.27. The van der Waals surface area contributed by atoms with Crippen molar-refractivity contribution < 1.29 is 19.2 Å². The summed E-state index contributed by atoms with van der Waals surface area (Å²) in [6.45, 7) is 6.19. The van der Waals surface area contributed by atoms with Crippen molar-refractivity contribution in [3.05, 3.63) is 66.2 Å². The molecule has 2 aromatic rings. The maximum Gasteiger partial charge on any atom is 0.263 e. The van der Waals surface area contributed by atoms with Gasteiger partial charge < -0.3 is 19.3 Å². The lowest BCUT2D eigenvalue weighted by Crippen LogP contribution is -3.14. The van der Waals surface area contributed by atoms with Gasteiger partial charge in [0.05, 0.1) is 39.8 Å². The van der Waals surface area contributed by atoms with Crippen LogP contribution in [0.5, 0.6) is 11.5 Å². The summed E-state index contributed by atoms with van der Waals surface area (Å²) in [5, 5.41) is 0. The summed E-state index contributed by atoms with van der Waals surface area (Å²) >= 11 is 0. The summed E-state index contributed by atoms with van der Waals surface area (Å²) in [6, 6.07) is 17.7. The molecule has 0 saturated carbocycles. The van der Waals surface area contributed by atoms with Gasteiger partial charge in [0, 0.05) is 0 Å². The van der Waals surface area contributed by atoms with Crippen LogP contribution in [-0.2, 0) is 4.79 Å². The van der Waals surface area contributed by atoms with E-state index in [1.165, 1.54) is 10.5 Å². The SMILES string of the molecule is COc1ccccc1O[C@@H](C)C(=O)N1CC[NH+](C/C=C/c2ccccc2)CC1. The fourth-order valence-electron chi connectivity index (χ4n) is 3.39. The lowest BCUT2D eigenvalue weighted by molar-refractivity contribution is -0.898. The number of hydrogen-bond donors (Lipinski definition) is 1. The van der Waals surface area contributed by atoms with Crippen LogP contribution in [0, 0.1) is 0 Å². The number of rotatable bonds is 7. The second kappa shape index (κ2) is 9.95. The van der Waals surface area contributed by atoms with Crippen LogP contribution < -0.4 is 14.4 Å². The first-order valence-corrected chi connectivity index (χ1v) is 9.81. The molecule has 0 bridgehead atoms. The Bertz CT molecular complexity index is 783. The van der Waals surface area contributed by atoms with E-state index in [9.17, 15) is 4.79 Å². The maximum absolute atomic E-state index is 12.7. The average molecular weight is 381 g/mol. The van der Waals surface area contributed by atoms with E-state index < -0.39 is 6.10 Å². The highest BCUT2D eigenvalue weighted by Gasteiger charge is 2.27. The highest BCUT2D eigenvalue weighted by atomic mass is 16.5. The van der Waals surface area contributed by atoms with Crippen LogP contribution in [0.2, 0.25) is 0 Å². The first-order valence-electron chi connectivity index (χ1n) is 9.81. The van der Waals surface area contributed by atoms with E-state index in [2.05, 4.69) is 24.3 Å². The molecule has 1 fully saturated rings. The third kappa shape index (κ3) is 5.36. The number of methoxy groups -OCH3 is 1. The Balaban J connectivity index is 1.46. The Labute approximate surface area is 167 Å². The van der Waals surface area contributed by atoms with Crippen LogP contribution in [0.3, 0.4) is 0 Å². The van der Waals surface area contributed by atoms with Crippen molar-refractivity contribution in [1.82, 2.24) is 4.90 Å². The summed E-state index contributed by atoms with van der Waals surface area (Å²) in [6.07, 6.45) is 3.85. The smallest absolute Gasteiger partial charge is 0.263 e. The molecule has 0 aromatic heterocycles. The van der Waals surface area contributed by atoms with Gasteiger partial charge in [0.15, 0.2) is 17.6 Å². The summed E-state index contributed by atoms with van der Waals surface area (Å²) < 4.78 is 11.2. The van der Waals surface area contributed by atoms with E-state index >= 15 is 0 Å². The van der Waals surface area contributed by atoms with Gasteiger partial charge in [0.2, 0.25) is 0 Å². The van der Waals surface area contributed by atoms with Gasteiger partial charge in [-0.2, -0.15) is 0 Å². The molecular formula is C23H29N2O3+. The quantitative estimate of drug-likeness (QED) is 0.797. The molecule has 0 unspecified atom stereocenters. The summed E-state index contributed by atoms with van der Waals surface area (Å²) in [5.41, 5.74) is 1.22. The number of piperazine rings is 1. The monoisotopic (exact) mass is 381 g/mol. The van der Waals surface area contributed by atoms with E-state index in [1.807, 2.05) is 47.4 Å². The number of nitrogens with zero attached hydrogens (tertiary/aromatic N) is 1. The number of carbonyl (C=O) groups excluding carboxylic acids is 1. The maximum atomic E-state index is 12.7. The van der Waals surface area contributed by atoms with Crippen LogP contribution >= 0.6 is 0 Å². The summed E-state index contributed by atoms with van der Waals surface area (Å²) in [4.78, 5) is 16.1. The van der Waals surface area contributed by atoms with Crippen molar-refractivity contribution in [3.63, 3.8) is 0 Å². The molecular weight excluding hydrogens is 352 g/mol. The molecule has 1 amide bonds. The molecule has 1 atom stereocenters. The van der Waals surface area contributed by atoms with Crippen LogP contribution in [0.1, 0.15) is 12.5 Å². The number of ether oxygens (including phenoxy) is 2. The van der Waals surface area contributed by atoms with Gasteiger partial charge in [0.25, 0.3) is 5.91 Å². The zero-order valence-corrected chi connectivity index (χ0v) is 16.6. The van der Waals surface area contributed by atoms with Crippen LogP contribution in [0.4, 0.5) is 0 Å². The molecule has 0 spiro atoms. The molecule has 0 aliphatic carbocycles. The molecule has 28 heavy (non-hydrogen) atoms. The number of hydrogen-bond acceptors (Lipinski definition) is 3. The van der Waals surface area contributed by atoms with E-state index in [1.54, 1.807) is 14.0 Å². The predicted molar refractivity (Wildman–Crippen MR) is 111 cm³/mol. The Morgan fingerprint density at radius 1 is 1.07 bits per heavy atom. The number of amides is 1. The van der Waals surface area contributed by atoms with Crippen LogP contribution in [0.25, 0.3) is 6.08 Å². The van der Waals surface area contributed by atoms with Crippen molar-refractivity contribution in [1.29, 1.82) is 0 Å². The van der Waals surface area contributed by atoms with E-state index in [-0.39, 0.29) is 5.91 Å². The Morgan fingerprint density at radius 3 is 2.39 bits per heavy atom. The molecule has 0 radical (unpaired) electrons. The Kier molecular flexibility index (Phi) is 7.09. The van der Waals surface area contributed by atoms with Gasteiger partial charge in [-0.25, -0.2) is 0 Å². The Hall–Kier alpha value is -2.79. The minimum absolute atomic E-state index is 0.0322. The summed E-state index contributed by atoms with van der Waals surface area (Å²) in [7, 11) is 1.60. The Morgan fingerprint density at radius 2 is 1.71 bits per heavy atom. The van der Waals surface area contributed by atoms with Crippen LogP contribution in [0.15, 0.2) is 60.7 Å². The fraction of sp³-hybridized carbons (Fsp3) is 0.348. The third-order valence-electron chi connectivity index (χ3n) is 5.02. The van der Waals surface area contributed by atoms with Crippen molar-refractivity contribution in [2.24, 2.45) is 0 Å². The first kappa shape index (κ1) is 20.0.